The number of hydrogen-bond acceptors (Lipinski definition) is 3. The van der Waals surface area contributed by atoms with Gasteiger partial charge in [0.25, 0.3) is 0 Å². The van der Waals surface area contributed by atoms with Gasteiger partial charge in [0.2, 0.25) is 0 Å². The number of anilines is 9. The van der Waals surface area contributed by atoms with E-state index in [0.29, 0.717) is 0 Å². The maximum Gasteiger partial charge on any atom is 0.0540 e. The zero-order valence-electron chi connectivity index (χ0n) is 34.8. The van der Waals surface area contributed by atoms with Gasteiger partial charge in [0.1, 0.15) is 0 Å². The summed E-state index contributed by atoms with van der Waals surface area (Å²) in [5.41, 5.74) is 16.5. The molecule has 0 fully saturated rings. The van der Waals surface area contributed by atoms with Gasteiger partial charge >= 0.3 is 0 Å². The SMILES string of the molecule is c1ccc(N(c2ccccc2)c2ccccc2-c2cc(-c3ccccc3N(c3ccccc3)c3ccccc3)cc(-c3ccccc3N(c3ccccc3)c3ccccc3)c2)cc1. The molecule has 0 atom stereocenters. The highest BCUT2D eigenvalue weighted by Crippen LogP contribution is 2.47. The molecule has 0 unspecified atom stereocenters. The van der Waals surface area contributed by atoms with Gasteiger partial charge in [-0.3, -0.25) is 0 Å². The Kier molecular flexibility index (Phi) is 11.1. The molecular formula is C60H45N3. The minimum atomic E-state index is 1.09. The van der Waals surface area contributed by atoms with E-state index in [0.717, 1.165) is 84.6 Å². The van der Waals surface area contributed by atoms with Crippen LogP contribution in [0.5, 0.6) is 0 Å². The summed E-state index contributed by atoms with van der Waals surface area (Å²) in [6.45, 7) is 0. The first-order valence-electron chi connectivity index (χ1n) is 21.4. The lowest BCUT2D eigenvalue weighted by atomic mass is 9.90. The second-order valence-electron chi connectivity index (χ2n) is 15.4. The van der Waals surface area contributed by atoms with Crippen molar-refractivity contribution in [3.8, 4) is 33.4 Å². The lowest BCUT2D eigenvalue weighted by Gasteiger charge is -2.30. The van der Waals surface area contributed by atoms with Crippen LogP contribution in [0.3, 0.4) is 0 Å². The molecule has 0 aliphatic rings. The second kappa shape index (κ2) is 18.1. The van der Waals surface area contributed by atoms with Crippen molar-refractivity contribution in [3.05, 3.63) is 273 Å². The molecule has 300 valence electrons. The zero-order chi connectivity index (χ0) is 42.2. The van der Waals surface area contributed by atoms with Gasteiger partial charge in [0.05, 0.1) is 17.1 Å². The lowest BCUT2D eigenvalue weighted by Crippen LogP contribution is -2.12. The molecule has 3 heteroatoms. The summed E-state index contributed by atoms with van der Waals surface area (Å²) in [5, 5.41) is 0. The van der Waals surface area contributed by atoms with Crippen molar-refractivity contribution in [1.82, 2.24) is 0 Å². The maximum atomic E-state index is 2.37. The molecule has 0 heterocycles. The molecule has 0 N–H and O–H groups in total. The Balaban J connectivity index is 1.24. The molecular weight excluding hydrogens is 763 g/mol. The summed E-state index contributed by atoms with van der Waals surface area (Å²) in [5.74, 6) is 0. The molecule has 0 amide bonds. The molecule has 0 radical (unpaired) electrons. The largest absolute Gasteiger partial charge is 0.310 e. The molecule has 0 aromatic heterocycles. The van der Waals surface area contributed by atoms with E-state index in [9.17, 15) is 0 Å². The van der Waals surface area contributed by atoms with Crippen LogP contribution in [-0.4, -0.2) is 0 Å². The third-order valence-corrected chi connectivity index (χ3v) is 11.4. The van der Waals surface area contributed by atoms with Gasteiger partial charge in [-0.15, -0.1) is 0 Å². The molecule has 3 nitrogen and oxygen atoms in total. The van der Waals surface area contributed by atoms with E-state index in [1.54, 1.807) is 0 Å². The molecule has 0 saturated heterocycles. The molecule has 10 aromatic rings. The van der Waals surface area contributed by atoms with Crippen LogP contribution in [-0.2, 0) is 0 Å². The molecule has 0 spiro atoms. The minimum absolute atomic E-state index is 1.09. The van der Waals surface area contributed by atoms with Crippen LogP contribution < -0.4 is 14.7 Å². The van der Waals surface area contributed by atoms with E-state index in [1.807, 2.05) is 0 Å². The Morgan fingerprint density at radius 1 is 0.175 bits per heavy atom. The fourth-order valence-corrected chi connectivity index (χ4v) is 8.58. The van der Waals surface area contributed by atoms with E-state index in [4.69, 9.17) is 0 Å². The van der Waals surface area contributed by atoms with Crippen molar-refractivity contribution < 1.29 is 0 Å². The smallest absolute Gasteiger partial charge is 0.0540 e. The van der Waals surface area contributed by atoms with Crippen molar-refractivity contribution in [2.45, 2.75) is 0 Å². The fourth-order valence-electron chi connectivity index (χ4n) is 8.58. The summed E-state index contributed by atoms with van der Waals surface area (Å²) in [7, 11) is 0. The zero-order valence-corrected chi connectivity index (χ0v) is 34.8. The first-order valence-corrected chi connectivity index (χ1v) is 21.4. The van der Waals surface area contributed by atoms with Crippen LogP contribution in [0.4, 0.5) is 51.2 Å². The van der Waals surface area contributed by atoms with Crippen molar-refractivity contribution in [2.24, 2.45) is 0 Å². The minimum Gasteiger partial charge on any atom is -0.310 e. The highest BCUT2D eigenvalue weighted by Gasteiger charge is 2.23. The van der Waals surface area contributed by atoms with Gasteiger partial charge in [-0.25, -0.2) is 0 Å². The van der Waals surface area contributed by atoms with Crippen LogP contribution in [0.2, 0.25) is 0 Å². The average molecular weight is 808 g/mol. The maximum absolute atomic E-state index is 2.37. The van der Waals surface area contributed by atoms with E-state index in [1.165, 1.54) is 0 Å². The summed E-state index contributed by atoms with van der Waals surface area (Å²) < 4.78 is 0. The standard InChI is InChI=1S/C60H45N3/c1-7-25-49(26-8-1)61(50-27-9-2-10-28-50)58-40-22-19-37-55(58)46-43-47(56-38-20-23-41-59(56)62(51-29-11-3-12-30-51)52-31-13-4-14-32-52)45-48(44-46)57-39-21-24-42-60(57)63(53-33-15-5-16-34-53)54-35-17-6-18-36-54/h1-45H. The Labute approximate surface area is 370 Å². The van der Waals surface area contributed by atoms with Gasteiger partial charge in [-0.05, 0) is 126 Å². The number of para-hydroxylation sites is 9. The van der Waals surface area contributed by atoms with Gasteiger partial charge < -0.3 is 14.7 Å². The van der Waals surface area contributed by atoms with Gasteiger partial charge in [0.15, 0.2) is 0 Å². The average Bonchev–Trinajstić information content (AvgIpc) is 3.37. The summed E-state index contributed by atoms with van der Waals surface area (Å²) >= 11 is 0. The first kappa shape index (κ1) is 38.8. The monoisotopic (exact) mass is 807 g/mol. The lowest BCUT2D eigenvalue weighted by molar-refractivity contribution is 1.28. The van der Waals surface area contributed by atoms with Crippen LogP contribution in [0.1, 0.15) is 0 Å². The fraction of sp³-hybridized carbons (Fsp3) is 0. The summed E-state index contributed by atoms with van der Waals surface area (Å²) in [6.07, 6.45) is 0. The Morgan fingerprint density at radius 3 is 0.556 bits per heavy atom. The summed E-state index contributed by atoms with van der Waals surface area (Å²) in [6, 6.07) is 97.4. The van der Waals surface area contributed by atoms with Gasteiger partial charge in [0, 0.05) is 50.8 Å². The third-order valence-electron chi connectivity index (χ3n) is 11.4. The van der Waals surface area contributed by atoms with E-state index < -0.39 is 0 Å². The predicted molar refractivity (Wildman–Crippen MR) is 267 cm³/mol. The van der Waals surface area contributed by atoms with Crippen molar-refractivity contribution in [1.29, 1.82) is 0 Å². The van der Waals surface area contributed by atoms with Crippen molar-refractivity contribution in [2.75, 3.05) is 14.7 Å². The molecule has 0 saturated carbocycles. The number of rotatable bonds is 12. The topological polar surface area (TPSA) is 9.72 Å². The molecule has 0 bridgehead atoms. The van der Waals surface area contributed by atoms with Gasteiger partial charge in [-0.1, -0.05) is 164 Å². The van der Waals surface area contributed by atoms with Gasteiger partial charge in [-0.2, -0.15) is 0 Å². The summed E-state index contributed by atoms with van der Waals surface area (Å²) in [4.78, 5) is 7.09. The third kappa shape index (κ3) is 8.12. The quantitative estimate of drug-likeness (QED) is 0.122. The van der Waals surface area contributed by atoms with Crippen LogP contribution in [0.15, 0.2) is 273 Å². The molecule has 10 rings (SSSR count). The molecule has 0 aliphatic carbocycles. The van der Waals surface area contributed by atoms with E-state index in [-0.39, 0.29) is 0 Å². The molecule has 0 aliphatic heterocycles. The number of benzene rings is 10. The highest BCUT2D eigenvalue weighted by molar-refractivity contribution is 5.97. The van der Waals surface area contributed by atoms with E-state index >= 15 is 0 Å². The van der Waals surface area contributed by atoms with Crippen LogP contribution in [0, 0.1) is 0 Å². The van der Waals surface area contributed by atoms with Crippen molar-refractivity contribution in [3.63, 3.8) is 0 Å². The second-order valence-corrected chi connectivity index (χ2v) is 15.4. The van der Waals surface area contributed by atoms with E-state index in [2.05, 4.69) is 288 Å². The number of nitrogens with zero attached hydrogens (tertiary/aromatic N) is 3. The first-order chi connectivity index (χ1) is 31.3. The Hall–Kier alpha value is -8.40. The number of hydrogen-bond donors (Lipinski definition) is 0. The normalized spacial score (nSPS) is 10.9. The highest BCUT2D eigenvalue weighted by atomic mass is 15.2. The molecule has 63 heavy (non-hydrogen) atoms. The Morgan fingerprint density at radius 2 is 0.349 bits per heavy atom. The van der Waals surface area contributed by atoms with Crippen LogP contribution >= 0.6 is 0 Å². The Bertz CT molecular complexity index is 2580. The van der Waals surface area contributed by atoms with Crippen LogP contribution in [0.25, 0.3) is 33.4 Å². The predicted octanol–water partition coefficient (Wildman–Crippen LogP) is 17.1. The molecule has 10 aromatic carbocycles. The van der Waals surface area contributed by atoms with Crippen molar-refractivity contribution >= 4 is 51.2 Å².